The molecular weight excluding hydrogens is 476 g/mol. The van der Waals surface area contributed by atoms with Crippen molar-refractivity contribution in [1.29, 1.82) is 0 Å². The normalized spacial score (nSPS) is 15.9. The third kappa shape index (κ3) is 5.92. The smallest absolute Gasteiger partial charge is 0.311 e. The first-order valence-electron chi connectivity index (χ1n) is 12.2. The van der Waals surface area contributed by atoms with Gasteiger partial charge in [0.15, 0.2) is 0 Å². The highest BCUT2D eigenvalue weighted by Gasteiger charge is 2.22. The van der Waals surface area contributed by atoms with Gasteiger partial charge in [0, 0.05) is 37.8 Å². The Morgan fingerprint density at radius 2 is 1.68 bits per heavy atom. The highest BCUT2D eigenvalue weighted by atomic mass is 16.6. The van der Waals surface area contributed by atoms with Crippen LogP contribution in [0.3, 0.4) is 0 Å². The van der Waals surface area contributed by atoms with Crippen LogP contribution in [0.2, 0.25) is 0 Å². The van der Waals surface area contributed by atoms with Gasteiger partial charge in [0.25, 0.3) is 0 Å². The predicted molar refractivity (Wildman–Crippen MR) is 140 cm³/mol. The van der Waals surface area contributed by atoms with Gasteiger partial charge in [0.1, 0.15) is 0 Å². The van der Waals surface area contributed by atoms with E-state index in [-0.39, 0.29) is 17.2 Å². The highest BCUT2D eigenvalue weighted by Crippen LogP contribution is 2.31. The number of aromatic hydroxyl groups is 1. The number of rotatable bonds is 8. The quantitative estimate of drug-likeness (QED) is 0.267. The van der Waals surface area contributed by atoms with Gasteiger partial charge < -0.3 is 19.6 Å². The second-order valence-electron chi connectivity index (χ2n) is 8.89. The van der Waals surface area contributed by atoms with Crippen LogP contribution >= 0.6 is 0 Å². The number of benzene rings is 2. The molecule has 1 aromatic heterocycles. The lowest BCUT2D eigenvalue weighted by molar-refractivity contribution is -0.385. The van der Waals surface area contributed by atoms with Crippen molar-refractivity contribution in [1.82, 2.24) is 15.0 Å². The molecule has 0 saturated carbocycles. The van der Waals surface area contributed by atoms with Crippen LogP contribution in [0.1, 0.15) is 29.5 Å². The van der Waals surface area contributed by atoms with E-state index >= 15 is 0 Å². The summed E-state index contributed by atoms with van der Waals surface area (Å²) in [4.78, 5) is 28.9. The molecule has 5 rings (SSSR count). The second kappa shape index (κ2) is 11.2. The van der Waals surface area contributed by atoms with E-state index in [0.717, 1.165) is 31.5 Å². The number of aromatic nitrogens is 3. The minimum atomic E-state index is -0.600. The van der Waals surface area contributed by atoms with E-state index in [0.29, 0.717) is 50.2 Å². The zero-order valence-corrected chi connectivity index (χ0v) is 20.3. The van der Waals surface area contributed by atoms with Crippen LogP contribution in [0, 0.1) is 10.1 Å². The average molecular weight is 505 g/mol. The lowest BCUT2D eigenvalue weighted by Gasteiger charge is -2.27. The number of nitro groups is 1. The van der Waals surface area contributed by atoms with Gasteiger partial charge in [0.2, 0.25) is 23.6 Å². The molecule has 0 unspecified atom stereocenters. The number of hydrogen-bond acceptors (Lipinski definition) is 11. The van der Waals surface area contributed by atoms with Crippen molar-refractivity contribution in [2.24, 2.45) is 5.10 Å². The molecule has 37 heavy (non-hydrogen) atoms. The zero-order chi connectivity index (χ0) is 25.6. The fourth-order valence-electron chi connectivity index (χ4n) is 4.40. The van der Waals surface area contributed by atoms with Crippen LogP contribution in [-0.2, 0) is 11.2 Å². The van der Waals surface area contributed by atoms with Crippen LogP contribution in [0.4, 0.5) is 23.5 Å². The maximum absolute atomic E-state index is 11.6. The predicted octanol–water partition coefficient (Wildman–Crippen LogP) is 2.96. The molecule has 192 valence electrons. The minimum absolute atomic E-state index is 0.217. The lowest BCUT2D eigenvalue weighted by Crippen LogP contribution is -2.38. The van der Waals surface area contributed by atoms with Crippen LogP contribution in [0.25, 0.3) is 0 Å². The third-order valence-electron chi connectivity index (χ3n) is 6.29. The number of phenols is 1. The van der Waals surface area contributed by atoms with E-state index in [1.165, 1.54) is 12.3 Å². The molecule has 2 aliphatic heterocycles. The van der Waals surface area contributed by atoms with Crippen molar-refractivity contribution in [3.63, 3.8) is 0 Å². The summed E-state index contributed by atoms with van der Waals surface area (Å²) in [5, 5.41) is 26.3. The van der Waals surface area contributed by atoms with Crippen molar-refractivity contribution >= 4 is 29.7 Å². The Bertz CT molecular complexity index is 1280. The Labute approximate surface area is 213 Å². The van der Waals surface area contributed by atoms with Gasteiger partial charge in [-0.25, -0.2) is 5.43 Å². The van der Waals surface area contributed by atoms with E-state index in [4.69, 9.17) is 4.74 Å². The number of nitrogens with one attached hydrogen (secondary N) is 1. The molecule has 2 aromatic carbocycles. The maximum Gasteiger partial charge on any atom is 0.311 e. The Balaban J connectivity index is 1.40. The van der Waals surface area contributed by atoms with Crippen molar-refractivity contribution in [3.05, 3.63) is 69.3 Å². The van der Waals surface area contributed by atoms with Gasteiger partial charge >= 0.3 is 5.69 Å². The number of phenolic OH excluding ortho intramolecular Hbond substituents is 1. The molecule has 2 saturated heterocycles. The highest BCUT2D eigenvalue weighted by molar-refractivity contribution is 5.86. The molecule has 2 N–H and O–H groups in total. The number of hydrogen-bond donors (Lipinski definition) is 2. The molecule has 3 aromatic rings. The molecule has 12 nitrogen and oxygen atoms in total. The molecule has 2 aliphatic rings. The van der Waals surface area contributed by atoms with Crippen LogP contribution < -0.4 is 15.2 Å². The lowest BCUT2D eigenvalue weighted by atomic mass is 10.0. The summed E-state index contributed by atoms with van der Waals surface area (Å²) in [6, 6.07) is 12.7. The van der Waals surface area contributed by atoms with E-state index in [9.17, 15) is 15.2 Å². The fourth-order valence-corrected chi connectivity index (χ4v) is 4.40. The van der Waals surface area contributed by atoms with Crippen LogP contribution in [0.5, 0.6) is 5.75 Å². The van der Waals surface area contributed by atoms with E-state index in [2.05, 4.69) is 30.4 Å². The van der Waals surface area contributed by atoms with Gasteiger partial charge in [-0.3, -0.25) is 10.1 Å². The van der Waals surface area contributed by atoms with Gasteiger partial charge in [-0.2, -0.15) is 20.1 Å². The minimum Gasteiger partial charge on any atom is -0.502 e. The number of hydrazone groups is 1. The summed E-state index contributed by atoms with van der Waals surface area (Å²) >= 11 is 0. The number of nitro benzene ring substituents is 1. The molecule has 12 heteroatoms. The molecule has 3 heterocycles. The zero-order valence-electron chi connectivity index (χ0n) is 20.3. The van der Waals surface area contributed by atoms with Gasteiger partial charge in [0.05, 0.1) is 24.4 Å². The van der Waals surface area contributed by atoms with Gasteiger partial charge in [-0.15, -0.1) is 0 Å². The summed E-state index contributed by atoms with van der Waals surface area (Å²) in [6.07, 6.45) is 3.98. The standard InChI is InChI=1S/C25H28N8O4/c34-22-20(15-19(16-21(22)33(35)36)14-18-6-2-1-3-7-18)17-26-30-23-27-24(31-8-4-5-9-31)29-25(28-23)32-10-12-37-13-11-32/h1-3,6-7,15-17,34H,4-5,8-14H2,(H,27,28,29,30)/b26-17-. The Morgan fingerprint density at radius 3 is 2.35 bits per heavy atom. The monoisotopic (exact) mass is 504 g/mol. The SMILES string of the molecule is O=[N+]([O-])c1cc(Cc2ccccc2)cc(/C=N\Nc2nc(N3CCCC3)nc(N3CCOCC3)n2)c1O. The largest absolute Gasteiger partial charge is 0.502 e. The first-order valence-corrected chi connectivity index (χ1v) is 12.2. The van der Waals surface area contributed by atoms with Crippen LogP contribution in [-0.4, -0.2) is 70.6 Å². The molecule has 0 atom stereocenters. The number of anilines is 3. The van der Waals surface area contributed by atoms with Crippen molar-refractivity contribution in [3.8, 4) is 5.75 Å². The molecule has 0 amide bonds. The summed E-state index contributed by atoms with van der Waals surface area (Å²) in [5.41, 5.74) is 4.35. The topological polar surface area (TPSA) is 142 Å². The maximum atomic E-state index is 11.6. The molecule has 0 spiro atoms. The molecule has 0 bridgehead atoms. The molecule has 2 fully saturated rings. The van der Waals surface area contributed by atoms with E-state index in [1.54, 1.807) is 6.07 Å². The number of ether oxygens (including phenoxy) is 1. The summed E-state index contributed by atoms with van der Waals surface area (Å²) in [7, 11) is 0. The van der Waals surface area contributed by atoms with Gasteiger partial charge in [-0.1, -0.05) is 30.3 Å². The average Bonchev–Trinajstić information content (AvgIpc) is 3.46. The summed E-state index contributed by atoms with van der Waals surface area (Å²) in [5.74, 6) is 0.926. The number of nitrogens with zero attached hydrogens (tertiary/aromatic N) is 7. The van der Waals surface area contributed by atoms with Crippen molar-refractivity contribution < 1.29 is 14.8 Å². The first-order chi connectivity index (χ1) is 18.1. The van der Waals surface area contributed by atoms with E-state index < -0.39 is 10.7 Å². The molecular formula is C25H28N8O4. The molecule has 0 radical (unpaired) electrons. The Hall–Kier alpha value is -4.32. The summed E-state index contributed by atoms with van der Waals surface area (Å²) in [6.45, 7) is 4.31. The Kier molecular flexibility index (Phi) is 7.36. The Morgan fingerprint density at radius 1 is 1.00 bits per heavy atom. The van der Waals surface area contributed by atoms with Crippen molar-refractivity contribution in [2.45, 2.75) is 19.3 Å². The van der Waals surface area contributed by atoms with E-state index in [1.807, 2.05) is 35.2 Å². The van der Waals surface area contributed by atoms with Crippen LogP contribution in [0.15, 0.2) is 47.6 Å². The first kappa shape index (κ1) is 24.4. The third-order valence-corrected chi connectivity index (χ3v) is 6.29. The van der Waals surface area contributed by atoms with Gasteiger partial charge in [-0.05, 0) is 36.5 Å². The number of morpholine rings is 1. The van der Waals surface area contributed by atoms with Crippen molar-refractivity contribution in [2.75, 3.05) is 54.6 Å². The summed E-state index contributed by atoms with van der Waals surface area (Å²) < 4.78 is 5.45. The molecule has 0 aliphatic carbocycles. The fraction of sp³-hybridized carbons (Fsp3) is 0.360. The second-order valence-corrected chi connectivity index (χ2v) is 8.89.